The SMILES string of the molecule is CC1(C(=O)N2CCn3c(nnc3C(F)(F)F)C2)CC(c2cccc(F)c2)=NO1. The topological polar surface area (TPSA) is 72.6 Å². The van der Waals surface area contributed by atoms with Gasteiger partial charge in [-0.1, -0.05) is 17.3 Å². The first-order valence-electron chi connectivity index (χ1n) is 8.47. The van der Waals surface area contributed by atoms with E-state index in [2.05, 4.69) is 15.4 Å². The molecule has 1 aromatic heterocycles. The number of hydrogen-bond donors (Lipinski definition) is 0. The molecule has 0 fully saturated rings. The molecule has 7 nitrogen and oxygen atoms in total. The fourth-order valence-corrected chi connectivity index (χ4v) is 3.35. The molecule has 2 aromatic rings. The third-order valence-corrected chi connectivity index (χ3v) is 4.77. The number of carbonyl (C=O) groups excluding carboxylic acids is 1. The number of halogens is 4. The van der Waals surface area contributed by atoms with Crippen molar-refractivity contribution in [3.8, 4) is 0 Å². The molecule has 1 atom stereocenters. The fraction of sp³-hybridized carbons (Fsp3) is 0.412. The normalized spacial score (nSPS) is 21.9. The Morgan fingerprint density at radius 2 is 2.04 bits per heavy atom. The maximum absolute atomic E-state index is 13.4. The van der Waals surface area contributed by atoms with Crippen molar-refractivity contribution in [1.29, 1.82) is 0 Å². The number of oxime groups is 1. The van der Waals surface area contributed by atoms with Crippen molar-refractivity contribution >= 4 is 11.6 Å². The minimum atomic E-state index is -4.61. The lowest BCUT2D eigenvalue weighted by atomic mass is 9.94. The third kappa shape index (κ3) is 3.10. The van der Waals surface area contributed by atoms with E-state index < -0.39 is 29.3 Å². The quantitative estimate of drug-likeness (QED) is 0.730. The Hall–Kier alpha value is -2.98. The maximum atomic E-state index is 13.4. The summed E-state index contributed by atoms with van der Waals surface area (Å²) >= 11 is 0. The Morgan fingerprint density at radius 3 is 2.75 bits per heavy atom. The smallest absolute Gasteiger partial charge is 0.379 e. The Bertz CT molecular complexity index is 971. The van der Waals surface area contributed by atoms with Crippen molar-refractivity contribution in [1.82, 2.24) is 19.7 Å². The van der Waals surface area contributed by atoms with Crippen LogP contribution in [-0.4, -0.2) is 43.4 Å². The predicted molar refractivity (Wildman–Crippen MR) is 87.5 cm³/mol. The third-order valence-electron chi connectivity index (χ3n) is 4.77. The van der Waals surface area contributed by atoms with Gasteiger partial charge in [0, 0.05) is 25.1 Å². The molecule has 2 aliphatic rings. The summed E-state index contributed by atoms with van der Waals surface area (Å²) in [6.07, 6.45) is -4.49. The summed E-state index contributed by atoms with van der Waals surface area (Å²) in [5.74, 6) is -1.88. The number of rotatable bonds is 2. The van der Waals surface area contributed by atoms with Crippen LogP contribution in [0.5, 0.6) is 0 Å². The van der Waals surface area contributed by atoms with Gasteiger partial charge in [0.15, 0.2) is 5.82 Å². The molecule has 0 N–H and O–H groups in total. The van der Waals surface area contributed by atoms with Gasteiger partial charge in [0.25, 0.3) is 5.91 Å². The first kappa shape index (κ1) is 18.4. The Morgan fingerprint density at radius 1 is 1.25 bits per heavy atom. The summed E-state index contributed by atoms with van der Waals surface area (Å²) in [6, 6.07) is 5.77. The van der Waals surface area contributed by atoms with Crippen LogP contribution in [0.4, 0.5) is 17.6 Å². The summed E-state index contributed by atoms with van der Waals surface area (Å²) in [7, 11) is 0. The summed E-state index contributed by atoms with van der Waals surface area (Å²) < 4.78 is 53.2. The number of aromatic nitrogens is 3. The van der Waals surface area contributed by atoms with E-state index in [1.54, 1.807) is 13.0 Å². The van der Waals surface area contributed by atoms with Gasteiger partial charge in [-0.15, -0.1) is 10.2 Å². The van der Waals surface area contributed by atoms with Crippen LogP contribution in [0.25, 0.3) is 0 Å². The molecule has 0 saturated carbocycles. The molecule has 11 heteroatoms. The Labute approximate surface area is 156 Å². The first-order chi connectivity index (χ1) is 13.2. The van der Waals surface area contributed by atoms with Gasteiger partial charge in [-0.25, -0.2) is 4.39 Å². The van der Waals surface area contributed by atoms with Gasteiger partial charge in [-0.3, -0.25) is 4.79 Å². The average molecular weight is 397 g/mol. The monoisotopic (exact) mass is 397 g/mol. The number of fused-ring (bicyclic) bond motifs is 1. The van der Waals surface area contributed by atoms with E-state index in [4.69, 9.17) is 4.84 Å². The molecule has 2 aliphatic heterocycles. The highest BCUT2D eigenvalue weighted by atomic mass is 19.4. The van der Waals surface area contributed by atoms with Crippen LogP contribution in [0.15, 0.2) is 29.4 Å². The lowest BCUT2D eigenvalue weighted by Crippen LogP contribution is -2.50. The second-order valence-corrected chi connectivity index (χ2v) is 6.86. The summed E-state index contributed by atoms with van der Waals surface area (Å²) in [4.78, 5) is 19.7. The van der Waals surface area contributed by atoms with E-state index in [0.717, 1.165) is 4.57 Å². The summed E-state index contributed by atoms with van der Waals surface area (Å²) in [5.41, 5.74) is -0.393. The second-order valence-electron chi connectivity index (χ2n) is 6.86. The average Bonchev–Trinajstić information content (AvgIpc) is 3.25. The fourth-order valence-electron chi connectivity index (χ4n) is 3.35. The van der Waals surface area contributed by atoms with Crippen molar-refractivity contribution < 1.29 is 27.2 Å². The van der Waals surface area contributed by atoms with Gasteiger partial charge in [0.1, 0.15) is 5.82 Å². The maximum Gasteiger partial charge on any atom is 0.451 e. The van der Waals surface area contributed by atoms with Crippen molar-refractivity contribution in [3.63, 3.8) is 0 Å². The number of alkyl halides is 3. The van der Waals surface area contributed by atoms with Crippen LogP contribution in [0.1, 0.15) is 30.6 Å². The second kappa shape index (κ2) is 6.28. The number of carbonyl (C=O) groups is 1. The number of hydrogen-bond acceptors (Lipinski definition) is 5. The highest BCUT2D eigenvalue weighted by molar-refractivity contribution is 6.05. The van der Waals surface area contributed by atoms with Crippen LogP contribution >= 0.6 is 0 Å². The predicted octanol–water partition coefficient (Wildman–Crippen LogP) is 2.36. The molecule has 4 rings (SSSR count). The number of benzene rings is 1. The summed E-state index contributed by atoms with van der Waals surface area (Å²) in [6.45, 7) is 1.42. The zero-order valence-electron chi connectivity index (χ0n) is 14.7. The zero-order chi connectivity index (χ0) is 20.1. The molecule has 0 bridgehead atoms. The molecule has 148 valence electrons. The van der Waals surface area contributed by atoms with Crippen molar-refractivity contribution in [2.24, 2.45) is 5.16 Å². The minimum Gasteiger partial charge on any atom is -0.379 e. The van der Waals surface area contributed by atoms with Gasteiger partial charge in [0.2, 0.25) is 11.4 Å². The molecule has 1 amide bonds. The van der Waals surface area contributed by atoms with Crippen LogP contribution in [0.3, 0.4) is 0 Å². The van der Waals surface area contributed by atoms with E-state index >= 15 is 0 Å². The highest BCUT2D eigenvalue weighted by Gasteiger charge is 2.46. The lowest BCUT2D eigenvalue weighted by Gasteiger charge is -2.33. The highest BCUT2D eigenvalue weighted by Crippen LogP contribution is 2.32. The molecule has 1 unspecified atom stereocenters. The molecule has 1 aromatic carbocycles. The zero-order valence-corrected chi connectivity index (χ0v) is 14.7. The molecular formula is C17H15F4N5O2. The number of nitrogens with zero attached hydrogens (tertiary/aromatic N) is 5. The van der Waals surface area contributed by atoms with Crippen molar-refractivity contribution in [2.75, 3.05) is 6.54 Å². The van der Waals surface area contributed by atoms with Gasteiger partial charge < -0.3 is 14.3 Å². The Kier molecular flexibility index (Phi) is 4.12. The largest absolute Gasteiger partial charge is 0.451 e. The Balaban J connectivity index is 1.49. The van der Waals surface area contributed by atoms with E-state index in [1.165, 1.54) is 23.1 Å². The van der Waals surface area contributed by atoms with Crippen LogP contribution < -0.4 is 0 Å². The van der Waals surface area contributed by atoms with Crippen molar-refractivity contribution in [2.45, 2.75) is 38.2 Å². The van der Waals surface area contributed by atoms with Crippen molar-refractivity contribution in [3.05, 3.63) is 47.3 Å². The minimum absolute atomic E-state index is 0.0554. The lowest BCUT2D eigenvalue weighted by molar-refractivity contribution is -0.155. The van der Waals surface area contributed by atoms with Gasteiger partial charge in [-0.2, -0.15) is 13.2 Å². The molecule has 0 saturated heterocycles. The standard InChI is InChI=1S/C17H15F4N5O2/c1-16(8-12(24-28-16)10-3-2-4-11(18)7-10)15(27)25-5-6-26-13(9-25)22-23-14(26)17(19,20)21/h2-4,7H,5-6,8-9H2,1H3. The number of amides is 1. The van der Waals surface area contributed by atoms with Crippen LogP contribution in [-0.2, 0) is 28.9 Å². The van der Waals surface area contributed by atoms with E-state index in [-0.39, 0.29) is 31.9 Å². The molecule has 0 aliphatic carbocycles. The van der Waals surface area contributed by atoms with E-state index in [0.29, 0.717) is 11.3 Å². The van der Waals surface area contributed by atoms with Crippen LogP contribution in [0, 0.1) is 5.82 Å². The first-order valence-corrected chi connectivity index (χ1v) is 8.47. The van der Waals surface area contributed by atoms with Gasteiger partial charge in [-0.05, 0) is 19.1 Å². The summed E-state index contributed by atoms with van der Waals surface area (Å²) in [5, 5.41) is 10.7. The van der Waals surface area contributed by atoms with E-state index in [9.17, 15) is 22.4 Å². The van der Waals surface area contributed by atoms with Gasteiger partial charge in [0.05, 0.1) is 12.3 Å². The molecular weight excluding hydrogens is 382 g/mol. The molecule has 0 radical (unpaired) electrons. The molecule has 0 spiro atoms. The van der Waals surface area contributed by atoms with Gasteiger partial charge >= 0.3 is 6.18 Å². The molecule has 3 heterocycles. The van der Waals surface area contributed by atoms with E-state index in [1.807, 2.05) is 0 Å². The van der Waals surface area contributed by atoms with Crippen LogP contribution in [0.2, 0.25) is 0 Å². The molecule has 28 heavy (non-hydrogen) atoms.